The first-order valence-corrected chi connectivity index (χ1v) is 18.6. The highest BCUT2D eigenvalue weighted by molar-refractivity contribution is 5.84. The highest BCUT2D eigenvalue weighted by Crippen LogP contribution is 2.38. The molecule has 53 heavy (non-hydrogen) atoms. The molecular weight excluding hydrogens is 674 g/mol. The van der Waals surface area contributed by atoms with Crippen LogP contribution in [0.25, 0.3) is 11.2 Å². The Labute approximate surface area is 310 Å². The predicted molar refractivity (Wildman–Crippen MR) is 202 cm³/mol. The van der Waals surface area contributed by atoms with E-state index in [0.29, 0.717) is 42.4 Å². The van der Waals surface area contributed by atoms with Crippen molar-refractivity contribution in [3.63, 3.8) is 0 Å². The van der Waals surface area contributed by atoms with Crippen LogP contribution in [0.1, 0.15) is 83.0 Å². The van der Waals surface area contributed by atoms with Gasteiger partial charge in [-0.2, -0.15) is 0 Å². The fourth-order valence-electron chi connectivity index (χ4n) is 7.88. The van der Waals surface area contributed by atoms with Gasteiger partial charge in [-0.3, -0.25) is 14.3 Å². The van der Waals surface area contributed by atoms with E-state index < -0.39 is 30.4 Å². The fourth-order valence-corrected chi connectivity index (χ4v) is 7.88. The fraction of sp³-hybridized carbons (Fsp3) is 0.513. The summed E-state index contributed by atoms with van der Waals surface area (Å²) in [4.78, 5) is 42.3. The number of urea groups is 1. The molecule has 14 nitrogen and oxygen atoms in total. The second-order valence-electron chi connectivity index (χ2n) is 15.1. The predicted octanol–water partition coefficient (Wildman–Crippen LogP) is 3.67. The van der Waals surface area contributed by atoms with Crippen molar-refractivity contribution >= 4 is 28.9 Å². The number of ether oxygens (including phenoxy) is 1. The number of nitrogens with zero attached hydrogens (tertiary/aromatic N) is 5. The molecule has 3 amide bonds. The lowest BCUT2D eigenvalue weighted by Crippen LogP contribution is -2.60. The number of aromatic nitrogens is 4. The minimum absolute atomic E-state index is 0.00136. The number of fused-ring (bicyclic) bond motifs is 1. The number of rotatable bonds is 13. The van der Waals surface area contributed by atoms with E-state index in [1.807, 2.05) is 36.4 Å². The second-order valence-corrected chi connectivity index (χ2v) is 15.1. The van der Waals surface area contributed by atoms with Gasteiger partial charge in [-0.25, -0.2) is 19.7 Å². The maximum Gasteiger partial charge on any atom is 0.315 e. The van der Waals surface area contributed by atoms with Crippen LogP contribution in [0.3, 0.4) is 0 Å². The van der Waals surface area contributed by atoms with Gasteiger partial charge in [-0.15, -0.1) is 0 Å². The van der Waals surface area contributed by atoms with Gasteiger partial charge in [0.05, 0.1) is 12.9 Å². The van der Waals surface area contributed by atoms with Crippen molar-refractivity contribution in [3.8, 4) is 0 Å². The van der Waals surface area contributed by atoms with Gasteiger partial charge in [-0.05, 0) is 65.0 Å². The third-order valence-electron chi connectivity index (χ3n) is 10.5. The lowest BCUT2D eigenvalue weighted by Gasteiger charge is -2.53. The summed E-state index contributed by atoms with van der Waals surface area (Å²) in [5.41, 5.74) is 3.02. The number of likely N-dealkylation sites (tertiary alicyclic amines) is 1. The van der Waals surface area contributed by atoms with Gasteiger partial charge in [0.15, 0.2) is 35.1 Å². The molecule has 4 atom stereocenters. The minimum Gasteiger partial charge on any atom is -0.387 e. The normalized spacial score (nSPS) is 22.5. The monoisotopic (exact) mass is 727 g/mol. The maximum absolute atomic E-state index is 13.1. The number of imidazole rings is 1. The van der Waals surface area contributed by atoms with Crippen molar-refractivity contribution in [2.75, 3.05) is 31.5 Å². The van der Waals surface area contributed by atoms with E-state index in [9.17, 15) is 19.8 Å². The maximum atomic E-state index is 13.1. The topological polar surface area (TPSA) is 179 Å². The van der Waals surface area contributed by atoms with E-state index in [1.165, 1.54) is 17.3 Å². The zero-order valence-electron chi connectivity index (χ0n) is 31.2. The van der Waals surface area contributed by atoms with Gasteiger partial charge in [0, 0.05) is 43.2 Å². The molecular formula is C39H53N9O5. The van der Waals surface area contributed by atoms with E-state index in [1.54, 1.807) is 6.92 Å². The average Bonchev–Trinajstić information content (AvgIpc) is 3.69. The number of likely N-dealkylation sites (N-methyl/N-ethyl adjacent to an activating group) is 1. The standard InChI is InChI=1S/C39H53N9O5/c1-6-40-35(51)32-30(49)31(50)36(53-32)47-24-44-29-33(42-22-27(25-14-9-7-10-15-25)26-16-11-8-12-17-26)45-28(46-34(29)47)23-43-37(52)41-20-21-48-38(2,3)18-13-19-39(48,4)5/h7-12,14-17,24,27,30-32,36,49-50H,6,13,18-23H2,1-5H3,(H,40,51)(H2,41,43,52)(H,42,45,46)/t30-,31+,32-,36+/m0/s1. The zero-order valence-corrected chi connectivity index (χ0v) is 31.2. The van der Waals surface area contributed by atoms with Crippen LogP contribution in [0.4, 0.5) is 10.6 Å². The Morgan fingerprint density at radius 3 is 2.17 bits per heavy atom. The Kier molecular flexibility index (Phi) is 11.6. The molecule has 4 heterocycles. The van der Waals surface area contributed by atoms with E-state index >= 15 is 0 Å². The number of hydrogen-bond donors (Lipinski definition) is 6. The molecule has 2 saturated heterocycles. The number of hydrogen-bond acceptors (Lipinski definition) is 10. The molecule has 0 unspecified atom stereocenters. The lowest BCUT2D eigenvalue weighted by molar-refractivity contribution is -0.137. The smallest absolute Gasteiger partial charge is 0.315 e. The number of nitrogens with one attached hydrogen (secondary N) is 4. The lowest BCUT2D eigenvalue weighted by atomic mass is 9.80. The molecule has 6 rings (SSSR count). The summed E-state index contributed by atoms with van der Waals surface area (Å²) >= 11 is 0. The minimum atomic E-state index is -1.47. The van der Waals surface area contributed by atoms with Gasteiger partial charge in [-0.1, -0.05) is 60.7 Å². The van der Waals surface area contributed by atoms with Gasteiger partial charge >= 0.3 is 6.03 Å². The Balaban J connectivity index is 1.24. The SMILES string of the molecule is CCNC(=O)[C@H]1O[C@@H](n2cnc3c(NCC(c4ccccc4)c4ccccc4)nc(CNC(=O)NCCN4C(C)(C)CCCC4(C)C)nc32)[C@H](O)[C@@H]1O. The van der Waals surface area contributed by atoms with Crippen molar-refractivity contribution in [3.05, 3.63) is 83.9 Å². The molecule has 0 radical (unpaired) electrons. The Morgan fingerprint density at radius 1 is 0.906 bits per heavy atom. The van der Waals surface area contributed by atoms with E-state index in [0.717, 1.165) is 30.5 Å². The first kappa shape index (κ1) is 38.1. The molecule has 2 aliphatic rings. The van der Waals surface area contributed by atoms with Crippen molar-refractivity contribution in [1.82, 2.24) is 40.4 Å². The first-order valence-electron chi connectivity index (χ1n) is 18.6. The van der Waals surface area contributed by atoms with Crippen LogP contribution >= 0.6 is 0 Å². The summed E-state index contributed by atoms with van der Waals surface area (Å²) in [5, 5.41) is 33.8. The summed E-state index contributed by atoms with van der Waals surface area (Å²) < 4.78 is 7.41. The molecule has 0 spiro atoms. The number of piperidine rings is 1. The molecule has 2 aliphatic heterocycles. The number of carbonyl (C=O) groups is 2. The summed E-state index contributed by atoms with van der Waals surface area (Å²) in [5.74, 6) is 0.156. The molecule has 0 aliphatic carbocycles. The number of anilines is 1. The van der Waals surface area contributed by atoms with E-state index in [2.05, 4.69) is 83.1 Å². The number of amides is 3. The van der Waals surface area contributed by atoms with Crippen LogP contribution in [-0.4, -0.2) is 102 Å². The van der Waals surface area contributed by atoms with Crippen LogP contribution in [-0.2, 0) is 16.1 Å². The molecule has 284 valence electrons. The number of carbonyl (C=O) groups excluding carboxylic acids is 2. The number of aliphatic hydroxyl groups is 2. The van der Waals surface area contributed by atoms with Gasteiger partial charge in [0.1, 0.15) is 12.2 Å². The third kappa shape index (κ3) is 8.46. The van der Waals surface area contributed by atoms with Crippen LogP contribution in [0.15, 0.2) is 67.0 Å². The highest BCUT2D eigenvalue weighted by atomic mass is 16.6. The molecule has 2 fully saturated rings. The van der Waals surface area contributed by atoms with Crippen molar-refractivity contribution in [1.29, 1.82) is 0 Å². The van der Waals surface area contributed by atoms with Gasteiger partial charge in [0.2, 0.25) is 0 Å². The molecule has 0 bridgehead atoms. The zero-order chi connectivity index (χ0) is 37.8. The molecule has 0 saturated carbocycles. The average molecular weight is 728 g/mol. The highest BCUT2D eigenvalue weighted by Gasteiger charge is 2.48. The Bertz CT molecular complexity index is 1800. The molecule has 2 aromatic carbocycles. The number of benzene rings is 2. The Morgan fingerprint density at radius 2 is 1.55 bits per heavy atom. The third-order valence-corrected chi connectivity index (χ3v) is 10.5. The molecule has 2 aromatic heterocycles. The quantitative estimate of drug-likeness (QED) is 0.119. The summed E-state index contributed by atoms with van der Waals surface area (Å²) in [6.45, 7) is 12.8. The van der Waals surface area contributed by atoms with Crippen LogP contribution in [0.2, 0.25) is 0 Å². The van der Waals surface area contributed by atoms with Crippen molar-refractivity contribution < 1.29 is 24.5 Å². The van der Waals surface area contributed by atoms with Gasteiger partial charge in [0.25, 0.3) is 5.91 Å². The van der Waals surface area contributed by atoms with Crippen molar-refractivity contribution in [2.24, 2.45) is 0 Å². The summed E-state index contributed by atoms with van der Waals surface area (Å²) in [6, 6.07) is 20.0. The molecule has 14 heteroatoms. The van der Waals surface area contributed by atoms with E-state index in [4.69, 9.17) is 14.7 Å². The van der Waals surface area contributed by atoms with Crippen LogP contribution in [0.5, 0.6) is 0 Å². The van der Waals surface area contributed by atoms with Crippen LogP contribution in [0, 0.1) is 0 Å². The van der Waals surface area contributed by atoms with Crippen LogP contribution < -0.4 is 21.3 Å². The largest absolute Gasteiger partial charge is 0.387 e. The second kappa shape index (κ2) is 16.2. The summed E-state index contributed by atoms with van der Waals surface area (Å²) in [6.07, 6.45) is -0.478. The van der Waals surface area contributed by atoms with Crippen molar-refractivity contribution in [2.45, 2.75) is 102 Å². The molecule has 6 N–H and O–H groups in total. The van der Waals surface area contributed by atoms with Gasteiger partial charge < -0.3 is 36.2 Å². The number of aliphatic hydroxyl groups excluding tert-OH is 2. The van der Waals surface area contributed by atoms with E-state index in [-0.39, 0.29) is 29.6 Å². The molecule has 4 aromatic rings. The Hall–Kier alpha value is -4.63. The summed E-state index contributed by atoms with van der Waals surface area (Å²) in [7, 11) is 0. The first-order chi connectivity index (χ1) is 25.4.